The maximum atomic E-state index is 11.1. The van der Waals surface area contributed by atoms with E-state index in [2.05, 4.69) is 31.0 Å². The van der Waals surface area contributed by atoms with Crippen molar-refractivity contribution in [2.75, 3.05) is 6.61 Å². The summed E-state index contributed by atoms with van der Waals surface area (Å²) in [7, 11) is 0. The molecular formula is C23H29NO5S. The summed E-state index contributed by atoms with van der Waals surface area (Å²) in [5, 5.41) is 22.0. The summed E-state index contributed by atoms with van der Waals surface area (Å²) in [5.74, 6) is 0.129. The molecule has 2 heterocycles. The van der Waals surface area contributed by atoms with E-state index in [1.54, 1.807) is 5.38 Å². The fraction of sp³-hybridized carbons (Fsp3) is 0.565. The molecule has 4 rings (SSSR count). The predicted octanol–water partition coefficient (Wildman–Crippen LogP) is 4.40. The molecule has 30 heavy (non-hydrogen) atoms. The minimum atomic E-state index is -1.02. The summed E-state index contributed by atoms with van der Waals surface area (Å²) < 4.78 is 12.3. The van der Waals surface area contributed by atoms with Crippen LogP contribution in [0.3, 0.4) is 0 Å². The molecule has 0 unspecified atom stereocenters. The second-order valence-corrected chi connectivity index (χ2v) is 9.29. The molecule has 0 amide bonds. The third-order valence-corrected chi connectivity index (χ3v) is 7.33. The first kappa shape index (κ1) is 21.3. The van der Waals surface area contributed by atoms with Gasteiger partial charge in [0, 0.05) is 17.7 Å². The third kappa shape index (κ3) is 4.38. The fourth-order valence-electron chi connectivity index (χ4n) is 4.75. The quantitative estimate of drug-likeness (QED) is 0.676. The zero-order valence-electron chi connectivity index (χ0n) is 17.4. The lowest BCUT2D eigenvalue weighted by Crippen LogP contribution is -2.33. The van der Waals surface area contributed by atoms with Gasteiger partial charge in [-0.1, -0.05) is 19.4 Å². The Morgan fingerprint density at radius 1 is 1.37 bits per heavy atom. The van der Waals surface area contributed by atoms with Crippen molar-refractivity contribution in [2.45, 2.75) is 64.3 Å². The lowest BCUT2D eigenvalue weighted by Gasteiger charge is -2.33. The number of thiazole rings is 1. The van der Waals surface area contributed by atoms with Crippen molar-refractivity contribution >= 4 is 17.3 Å². The van der Waals surface area contributed by atoms with Gasteiger partial charge in [-0.05, 0) is 55.4 Å². The highest BCUT2D eigenvalue weighted by Gasteiger charge is 2.47. The van der Waals surface area contributed by atoms with Crippen LogP contribution < -0.4 is 4.74 Å². The molecule has 162 valence electrons. The van der Waals surface area contributed by atoms with Gasteiger partial charge in [-0.2, -0.15) is 0 Å². The molecule has 5 atom stereocenters. The van der Waals surface area contributed by atoms with Crippen LogP contribution in [-0.2, 0) is 11.2 Å². The van der Waals surface area contributed by atoms with Crippen molar-refractivity contribution in [2.24, 2.45) is 11.8 Å². The Morgan fingerprint density at radius 2 is 2.20 bits per heavy atom. The molecule has 1 aliphatic carbocycles. The molecule has 1 aromatic heterocycles. The van der Waals surface area contributed by atoms with Crippen LogP contribution in [0, 0.1) is 18.8 Å². The number of nitrogens with zero attached hydrogens (tertiary/aromatic N) is 1. The summed E-state index contributed by atoms with van der Waals surface area (Å²) in [5.41, 5.74) is 2.66. The molecule has 6 nitrogen and oxygen atoms in total. The van der Waals surface area contributed by atoms with E-state index < -0.39 is 12.1 Å². The van der Waals surface area contributed by atoms with E-state index in [1.807, 2.05) is 6.07 Å². The van der Waals surface area contributed by atoms with Gasteiger partial charge in [0.05, 0.1) is 18.8 Å². The molecule has 1 aromatic carbocycles. The summed E-state index contributed by atoms with van der Waals surface area (Å²) in [6.07, 6.45) is 3.73. The number of aliphatic hydroxyl groups is 1. The van der Waals surface area contributed by atoms with Crippen LogP contribution in [0.15, 0.2) is 23.6 Å². The zero-order chi connectivity index (χ0) is 21.3. The van der Waals surface area contributed by atoms with E-state index in [9.17, 15) is 9.90 Å². The number of aliphatic hydroxyl groups excluding tert-OH is 1. The molecule has 7 heteroatoms. The molecule has 2 N–H and O–H groups in total. The predicted molar refractivity (Wildman–Crippen MR) is 114 cm³/mol. The summed E-state index contributed by atoms with van der Waals surface area (Å²) >= 11 is 1.33. The molecule has 1 saturated heterocycles. The highest BCUT2D eigenvalue weighted by Crippen LogP contribution is 2.46. The van der Waals surface area contributed by atoms with Crippen LogP contribution in [0.4, 0.5) is 0 Å². The van der Waals surface area contributed by atoms with E-state index in [0.29, 0.717) is 18.0 Å². The summed E-state index contributed by atoms with van der Waals surface area (Å²) in [4.78, 5) is 15.3. The minimum Gasteiger partial charge on any atom is -0.493 e. The van der Waals surface area contributed by atoms with Gasteiger partial charge in [-0.3, -0.25) is 0 Å². The van der Waals surface area contributed by atoms with Crippen molar-refractivity contribution in [3.05, 3.63) is 45.4 Å². The van der Waals surface area contributed by atoms with Crippen LogP contribution in [0.2, 0.25) is 0 Å². The number of aromatic carboxylic acids is 1. The van der Waals surface area contributed by atoms with Gasteiger partial charge in [-0.15, -0.1) is 11.3 Å². The molecular weight excluding hydrogens is 402 g/mol. The summed E-state index contributed by atoms with van der Waals surface area (Å²) in [6, 6.07) is 6.22. The van der Waals surface area contributed by atoms with Crippen molar-refractivity contribution in [3.8, 4) is 5.75 Å². The largest absolute Gasteiger partial charge is 0.493 e. The van der Waals surface area contributed by atoms with Crippen LogP contribution in [-0.4, -0.2) is 40.0 Å². The molecule has 0 spiro atoms. The fourth-order valence-corrected chi connectivity index (χ4v) is 5.61. The van der Waals surface area contributed by atoms with Crippen LogP contribution in [0.5, 0.6) is 5.75 Å². The normalized spacial score (nSPS) is 28.3. The maximum Gasteiger partial charge on any atom is 0.355 e. The first-order valence-corrected chi connectivity index (χ1v) is 11.6. The summed E-state index contributed by atoms with van der Waals surface area (Å²) in [6.45, 7) is 4.77. The monoisotopic (exact) mass is 431 g/mol. The van der Waals surface area contributed by atoms with Crippen molar-refractivity contribution < 1.29 is 24.5 Å². The van der Waals surface area contributed by atoms with E-state index >= 15 is 0 Å². The minimum absolute atomic E-state index is 0.0396. The number of aromatic nitrogens is 1. The van der Waals surface area contributed by atoms with Crippen molar-refractivity contribution in [1.29, 1.82) is 0 Å². The highest BCUT2D eigenvalue weighted by atomic mass is 32.1. The topological polar surface area (TPSA) is 88.9 Å². The number of fused-ring (bicyclic) bond motifs is 1. The third-order valence-electron chi connectivity index (χ3n) is 6.40. The number of benzene rings is 1. The van der Waals surface area contributed by atoms with E-state index in [0.717, 1.165) is 31.4 Å². The van der Waals surface area contributed by atoms with Gasteiger partial charge in [-0.25, -0.2) is 9.78 Å². The van der Waals surface area contributed by atoms with E-state index in [4.69, 9.17) is 14.6 Å². The number of hydrogen-bond acceptors (Lipinski definition) is 6. The van der Waals surface area contributed by atoms with Crippen LogP contribution >= 0.6 is 11.3 Å². The second-order valence-electron chi connectivity index (χ2n) is 8.40. The average Bonchev–Trinajstić information content (AvgIpc) is 3.33. The Morgan fingerprint density at radius 3 is 2.93 bits per heavy atom. The Kier molecular flexibility index (Phi) is 6.41. The molecule has 2 fully saturated rings. The molecule has 0 bridgehead atoms. The number of aryl methyl sites for hydroxylation is 2. The SMILES string of the molecule is CCCc1cc(OC[C@@H]2[C@H]3CC[C@H](c4nc(C(=O)O)cs4)O[C@H]3C[C@@H]2O)ccc1C. The number of ether oxygens (including phenoxy) is 2. The molecule has 1 saturated carbocycles. The first-order chi connectivity index (χ1) is 14.5. The van der Waals surface area contributed by atoms with E-state index in [-0.39, 0.29) is 29.7 Å². The molecule has 2 aliphatic rings. The van der Waals surface area contributed by atoms with Crippen molar-refractivity contribution in [3.63, 3.8) is 0 Å². The van der Waals surface area contributed by atoms with E-state index in [1.165, 1.54) is 22.5 Å². The van der Waals surface area contributed by atoms with Crippen LogP contribution in [0.1, 0.15) is 65.3 Å². The zero-order valence-corrected chi connectivity index (χ0v) is 18.2. The number of carboxylic acids is 1. The first-order valence-electron chi connectivity index (χ1n) is 10.7. The van der Waals surface area contributed by atoms with Gasteiger partial charge < -0.3 is 19.7 Å². The molecule has 0 radical (unpaired) electrons. The molecule has 2 aromatic rings. The van der Waals surface area contributed by atoms with Gasteiger partial charge in [0.2, 0.25) is 0 Å². The van der Waals surface area contributed by atoms with Gasteiger partial charge in [0.15, 0.2) is 5.69 Å². The van der Waals surface area contributed by atoms with Crippen molar-refractivity contribution in [1.82, 2.24) is 4.98 Å². The second kappa shape index (κ2) is 9.04. The average molecular weight is 432 g/mol. The van der Waals surface area contributed by atoms with Gasteiger partial charge in [0.25, 0.3) is 0 Å². The number of rotatable bonds is 7. The Labute approximate surface area is 180 Å². The smallest absolute Gasteiger partial charge is 0.355 e. The Balaban J connectivity index is 1.38. The lowest BCUT2D eigenvalue weighted by molar-refractivity contribution is -0.0811. The standard InChI is InChI=1S/C23H29NO5S/c1-3-4-14-9-15(6-5-13(14)2)28-11-17-16-7-8-20(29-21(16)10-19(17)25)22-24-18(12-30-22)23(26)27/h5-6,9,12,16-17,19-21,25H,3-4,7-8,10-11H2,1-2H3,(H,26,27)/t16-,17-,19+,20-,21+/m1/s1. The van der Waals surface area contributed by atoms with Gasteiger partial charge >= 0.3 is 5.97 Å². The molecule has 1 aliphatic heterocycles. The van der Waals surface area contributed by atoms with Gasteiger partial charge in [0.1, 0.15) is 16.9 Å². The number of hydrogen-bond donors (Lipinski definition) is 2. The van der Waals surface area contributed by atoms with Crippen LogP contribution in [0.25, 0.3) is 0 Å². The Hall–Kier alpha value is -1.96. The number of carbonyl (C=O) groups is 1. The lowest BCUT2D eigenvalue weighted by atomic mass is 9.87. The highest BCUT2D eigenvalue weighted by molar-refractivity contribution is 7.09. The maximum absolute atomic E-state index is 11.1. The Bertz CT molecular complexity index is 897. The number of carboxylic acid groups (broad SMARTS) is 1.